The van der Waals surface area contributed by atoms with E-state index in [0.29, 0.717) is 11.3 Å². The van der Waals surface area contributed by atoms with Crippen molar-refractivity contribution in [1.29, 1.82) is 0 Å². The second-order valence-corrected chi connectivity index (χ2v) is 6.64. The molecule has 4 heteroatoms. The maximum atomic E-state index is 12.6. The number of hydrogen-bond donors (Lipinski definition) is 0. The number of Topliss-reactive ketones (excluding diaryl/α,β-unsaturated/α-hetero) is 1. The van der Waals surface area contributed by atoms with Crippen LogP contribution in [0.15, 0.2) is 22.7 Å². The second kappa shape index (κ2) is 4.32. The molecule has 0 N–H and O–H groups in total. The van der Waals surface area contributed by atoms with Crippen LogP contribution in [0.5, 0.6) is 5.75 Å². The van der Waals surface area contributed by atoms with Crippen LogP contribution in [0.1, 0.15) is 43.0 Å². The molecule has 0 radical (unpaired) electrons. The monoisotopic (exact) mass is 324 g/mol. The van der Waals surface area contributed by atoms with Crippen molar-refractivity contribution >= 4 is 21.7 Å². The maximum absolute atomic E-state index is 12.6. The highest BCUT2D eigenvalue weighted by molar-refractivity contribution is 9.10. The lowest BCUT2D eigenvalue weighted by Gasteiger charge is -2.40. The van der Waals surface area contributed by atoms with Crippen LogP contribution in [-0.4, -0.2) is 24.1 Å². The number of benzene rings is 1. The summed E-state index contributed by atoms with van der Waals surface area (Å²) >= 11 is 3.41. The van der Waals surface area contributed by atoms with Gasteiger partial charge in [0.15, 0.2) is 5.60 Å². The summed E-state index contributed by atoms with van der Waals surface area (Å²) in [4.78, 5) is 12.6. The quantitative estimate of drug-likeness (QED) is 0.789. The molecule has 1 aliphatic heterocycles. The molecule has 2 aliphatic rings. The summed E-state index contributed by atoms with van der Waals surface area (Å²) in [5, 5.41) is 0. The molecule has 0 saturated heterocycles. The maximum Gasteiger partial charge on any atom is 0.210 e. The van der Waals surface area contributed by atoms with Gasteiger partial charge < -0.3 is 9.47 Å². The third-order valence-corrected chi connectivity index (χ3v) is 5.01. The number of methoxy groups -OCH3 is 1. The van der Waals surface area contributed by atoms with Crippen molar-refractivity contribution in [2.24, 2.45) is 0 Å². The zero-order valence-electron chi connectivity index (χ0n) is 11.2. The Morgan fingerprint density at radius 2 is 1.95 bits per heavy atom. The van der Waals surface area contributed by atoms with E-state index in [1.807, 2.05) is 18.2 Å². The smallest absolute Gasteiger partial charge is 0.210 e. The van der Waals surface area contributed by atoms with Crippen molar-refractivity contribution in [3.8, 4) is 5.75 Å². The van der Waals surface area contributed by atoms with Crippen LogP contribution in [0, 0.1) is 0 Å². The lowest BCUT2D eigenvalue weighted by molar-refractivity contribution is -0.0639. The summed E-state index contributed by atoms with van der Waals surface area (Å²) in [7, 11) is 1.74. The first-order valence-corrected chi connectivity index (χ1v) is 7.36. The standard InChI is InChI=1S/C15H17BrO3/c1-14(18-2)5-7-15(8-6-14)13(17)11-9-10(16)3-4-12(11)19-15/h3-4,9H,5-8H2,1-2H3. The van der Waals surface area contributed by atoms with Crippen LogP contribution in [-0.2, 0) is 4.74 Å². The highest BCUT2D eigenvalue weighted by Crippen LogP contribution is 2.46. The predicted octanol–water partition coefficient (Wildman–Crippen LogP) is 3.74. The van der Waals surface area contributed by atoms with Gasteiger partial charge in [0, 0.05) is 11.6 Å². The minimum absolute atomic E-state index is 0.121. The van der Waals surface area contributed by atoms with E-state index in [1.165, 1.54) is 0 Å². The summed E-state index contributed by atoms with van der Waals surface area (Å²) in [6.07, 6.45) is 3.15. The van der Waals surface area contributed by atoms with Gasteiger partial charge in [-0.15, -0.1) is 0 Å². The number of ether oxygens (including phenoxy) is 2. The average Bonchev–Trinajstić information content (AvgIpc) is 2.68. The van der Waals surface area contributed by atoms with E-state index >= 15 is 0 Å². The van der Waals surface area contributed by atoms with Crippen molar-refractivity contribution < 1.29 is 14.3 Å². The van der Waals surface area contributed by atoms with Gasteiger partial charge in [0.2, 0.25) is 5.78 Å². The molecule has 0 amide bonds. The molecule has 3 nitrogen and oxygen atoms in total. The van der Waals surface area contributed by atoms with E-state index in [0.717, 1.165) is 30.2 Å². The number of carbonyl (C=O) groups is 1. The minimum Gasteiger partial charge on any atom is -0.478 e. The molecule has 1 saturated carbocycles. The van der Waals surface area contributed by atoms with Crippen molar-refractivity contribution in [2.45, 2.75) is 43.8 Å². The number of carbonyl (C=O) groups excluding carboxylic acids is 1. The van der Waals surface area contributed by atoms with E-state index in [1.54, 1.807) is 7.11 Å². The topological polar surface area (TPSA) is 35.5 Å². The number of rotatable bonds is 1. The van der Waals surface area contributed by atoms with Gasteiger partial charge in [-0.25, -0.2) is 0 Å². The largest absolute Gasteiger partial charge is 0.478 e. The molecule has 1 spiro atoms. The lowest BCUT2D eigenvalue weighted by atomic mass is 9.74. The molecule has 0 bridgehead atoms. The van der Waals surface area contributed by atoms with Crippen LogP contribution in [0.4, 0.5) is 0 Å². The molecule has 3 rings (SSSR count). The van der Waals surface area contributed by atoms with Gasteiger partial charge in [0.1, 0.15) is 5.75 Å². The lowest BCUT2D eigenvalue weighted by Crippen LogP contribution is -2.48. The first-order chi connectivity index (χ1) is 8.98. The first kappa shape index (κ1) is 13.1. The molecule has 0 atom stereocenters. The van der Waals surface area contributed by atoms with Crippen molar-refractivity contribution in [3.63, 3.8) is 0 Å². The van der Waals surface area contributed by atoms with Crippen LogP contribution in [0.2, 0.25) is 0 Å². The van der Waals surface area contributed by atoms with Crippen LogP contribution in [0.25, 0.3) is 0 Å². The van der Waals surface area contributed by atoms with Gasteiger partial charge in [-0.2, -0.15) is 0 Å². The molecule has 1 aromatic carbocycles. The van der Waals surface area contributed by atoms with Gasteiger partial charge in [-0.1, -0.05) is 15.9 Å². The molecule has 19 heavy (non-hydrogen) atoms. The van der Waals surface area contributed by atoms with Gasteiger partial charge in [0.05, 0.1) is 11.2 Å². The van der Waals surface area contributed by atoms with Crippen LogP contribution < -0.4 is 4.74 Å². The van der Waals surface area contributed by atoms with Gasteiger partial charge in [0.25, 0.3) is 0 Å². The zero-order chi connectivity index (χ0) is 13.7. The van der Waals surface area contributed by atoms with Gasteiger partial charge in [-0.05, 0) is 50.8 Å². The normalized spacial score (nSPS) is 33.3. The van der Waals surface area contributed by atoms with Gasteiger partial charge in [-0.3, -0.25) is 4.79 Å². The number of hydrogen-bond acceptors (Lipinski definition) is 3. The molecule has 1 aromatic rings. The Hall–Kier alpha value is -0.870. The summed E-state index contributed by atoms with van der Waals surface area (Å²) in [6, 6.07) is 5.64. The Balaban J connectivity index is 1.88. The summed E-state index contributed by atoms with van der Waals surface area (Å²) in [5.41, 5.74) is -0.0683. The second-order valence-electron chi connectivity index (χ2n) is 5.72. The molecule has 0 unspecified atom stereocenters. The fourth-order valence-corrected chi connectivity index (χ4v) is 3.35. The zero-order valence-corrected chi connectivity index (χ0v) is 12.7. The SMILES string of the molecule is COC1(C)CCC2(CC1)Oc1ccc(Br)cc1C2=O. The fraction of sp³-hybridized carbons (Fsp3) is 0.533. The van der Waals surface area contributed by atoms with Crippen molar-refractivity contribution in [2.75, 3.05) is 7.11 Å². The minimum atomic E-state index is -0.652. The van der Waals surface area contributed by atoms with E-state index < -0.39 is 5.60 Å². The fourth-order valence-electron chi connectivity index (χ4n) is 2.99. The highest BCUT2D eigenvalue weighted by atomic mass is 79.9. The highest BCUT2D eigenvalue weighted by Gasteiger charge is 2.52. The summed E-state index contributed by atoms with van der Waals surface area (Å²) in [6.45, 7) is 2.10. The van der Waals surface area contributed by atoms with Crippen LogP contribution in [0.3, 0.4) is 0 Å². The number of fused-ring (bicyclic) bond motifs is 1. The van der Waals surface area contributed by atoms with E-state index in [9.17, 15) is 4.79 Å². The molecule has 1 heterocycles. The van der Waals surface area contributed by atoms with E-state index in [2.05, 4.69) is 22.9 Å². The molecule has 102 valence electrons. The first-order valence-electron chi connectivity index (χ1n) is 6.57. The Bertz CT molecular complexity index is 530. The molecule has 1 aliphatic carbocycles. The Labute approximate surface area is 121 Å². The Morgan fingerprint density at radius 1 is 1.26 bits per heavy atom. The number of ketones is 1. The predicted molar refractivity (Wildman–Crippen MR) is 75.7 cm³/mol. The molecular weight excluding hydrogens is 308 g/mol. The van der Waals surface area contributed by atoms with Crippen molar-refractivity contribution in [3.05, 3.63) is 28.2 Å². The van der Waals surface area contributed by atoms with E-state index in [4.69, 9.17) is 9.47 Å². The Kier molecular flexibility index (Phi) is 2.98. The van der Waals surface area contributed by atoms with Gasteiger partial charge >= 0.3 is 0 Å². The number of halogens is 1. The average molecular weight is 325 g/mol. The van der Waals surface area contributed by atoms with Crippen molar-refractivity contribution in [1.82, 2.24) is 0 Å². The summed E-state index contributed by atoms with van der Waals surface area (Å²) in [5.74, 6) is 0.844. The van der Waals surface area contributed by atoms with E-state index in [-0.39, 0.29) is 11.4 Å². The third-order valence-electron chi connectivity index (χ3n) is 4.51. The summed E-state index contributed by atoms with van der Waals surface area (Å²) < 4.78 is 12.5. The molecular formula is C15H17BrO3. The third kappa shape index (κ3) is 2.01. The molecule has 0 aromatic heterocycles. The Morgan fingerprint density at radius 3 is 2.58 bits per heavy atom. The van der Waals surface area contributed by atoms with Crippen LogP contribution >= 0.6 is 15.9 Å². The molecule has 1 fully saturated rings.